The zero-order chi connectivity index (χ0) is 13.3. The molecule has 0 spiro atoms. The largest absolute Gasteiger partial charge is 0.508 e. The number of likely N-dealkylation sites (tertiary alicyclic amines) is 1. The maximum Gasteiger partial charge on any atom is 0.326 e. The van der Waals surface area contributed by atoms with Crippen LogP contribution < -0.4 is 0 Å². The lowest BCUT2D eigenvalue weighted by atomic mass is 10.1. The first-order valence-electron chi connectivity index (χ1n) is 5.53. The van der Waals surface area contributed by atoms with Gasteiger partial charge in [-0.25, -0.2) is 9.18 Å². The highest BCUT2D eigenvalue weighted by Crippen LogP contribution is 2.23. The van der Waals surface area contributed by atoms with Crippen molar-refractivity contribution in [3.63, 3.8) is 0 Å². The van der Waals surface area contributed by atoms with E-state index in [1.165, 1.54) is 6.07 Å². The SMILES string of the molecule is O=C(O)[C@@H]1CCCN1C(=O)c1ccc(O)cc1F. The van der Waals surface area contributed by atoms with Crippen molar-refractivity contribution in [1.82, 2.24) is 4.90 Å². The van der Waals surface area contributed by atoms with E-state index in [-0.39, 0.29) is 11.3 Å². The third-order valence-electron chi connectivity index (χ3n) is 2.98. The standard InChI is InChI=1S/C12H12FNO4/c13-9-6-7(15)3-4-8(9)11(16)14-5-1-2-10(14)12(17)18/h3-4,6,10,15H,1-2,5H2,(H,17,18)/t10-/m0/s1. The number of carboxylic acid groups (broad SMARTS) is 1. The van der Waals surface area contributed by atoms with Crippen molar-refractivity contribution in [2.24, 2.45) is 0 Å². The predicted molar refractivity (Wildman–Crippen MR) is 59.8 cm³/mol. The molecule has 1 aliphatic heterocycles. The van der Waals surface area contributed by atoms with Gasteiger partial charge in [0.05, 0.1) is 5.56 Å². The van der Waals surface area contributed by atoms with Gasteiger partial charge in [-0.05, 0) is 25.0 Å². The van der Waals surface area contributed by atoms with Crippen LogP contribution in [0.1, 0.15) is 23.2 Å². The van der Waals surface area contributed by atoms with Gasteiger partial charge in [0.25, 0.3) is 5.91 Å². The monoisotopic (exact) mass is 253 g/mol. The quantitative estimate of drug-likeness (QED) is 0.830. The molecule has 0 bridgehead atoms. The summed E-state index contributed by atoms with van der Waals surface area (Å²) in [5.41, 5.74) is -0.221. The molecular formula is C12H12FNO4. The molecule has 0 aromatic heterocycles. The Morgan fingerprint density at radius 1 is 1.39 bits per heavy atom. The first-order chi connectivity index (χ1) is 8.50. The van der Waals surface area contributed by atoms with Crippen molar-refractivity contribution in [3.8, 4) is 5.75 Å². The highest BCUT2D eigenvalue weighted by Gasteiger charge is 2.35. The van der Waals surface area contributed by atoms with Crippen LogP contribution in [0, 0.1) is 5.82 Å². The number of hydrogen-bond donors (Lipinski definition) is 2. The average Bonchev–Trinajstić information content (AvgIpc) is 2.77. The molecule has 1 aromatic carbocycles. The molecule has 2 rings (SSSR count). The molecule has 1 fully saturated rings. The van der Waals surface area contributed by atoms with Gasteiger partial charge < -0.3 is 15.1 Å². The van der Waals surface area contributed by atoms with Crippen LogP contribution in [0.25, 0.3) is 0 Å². The molecule has 6 heteroatoms. The molecule has 5 nitrogen and oxygen atoms in total. The van der Waals surface area contributed by atoms with Crippen molar-refractivity contribution in [2.75, 3.05) is 6.54 Å². The molecule has 0 radical (unpaired) electrons. The van der Waals surface area contributed by atoms with E-state index in [1.807, 2.05) is 0 Å². The Morgan fingerprint density at radius 3 is 2.72 bits per heavy atom. The minimum absolute atomic E-state index is 0.221. The van der Waals surface area contributed by atoms with Gasteiger partial charge in [0, 0.05) is 12.6 Å². The Hall–Kier alpha value is -2.11. The second kappa shape index (κ2) is 4.64. The predicted octanol–water partition coefficient (Wildman–Crippen LogP) is 1.22. The average molecular weight is 253 g/mol. The number of amides is 1. The fourth-order valence-electron chi connectivity index (χ4n) is 2.10. The lowest BCUT2D eigenvalue weighted by Crippen LogP contribution is -2.40. The van der Waals surface area contributed by atoms with Crippen molar-refractivity contribution in [3.05, 3.63) is 29.6 Å². The molecule has 1 amide bonds. The van der Waals surface area contributed by atoms with E-state index in [0.717, 1.165) is 17.0 Å². The van der Waals surface area contributed by atoms with Crippen molar-refractivity contribution in [2.45, 2.75) is 18.9 Å². The summed E-state index contributed by atoms with van der Waals surface area (Å²) in [4.78, 5) is 24.1. The second-order valence-electron chi connectivity index (χ2n) is 4.16. The Balaban J connectivity index is 2.28. The van der Waals surface area contributed by atoms with Crippen LogP contribution >= 0.6 is 0 Å². The van der Waals surface area contributed by atoms with Crippen LogP contribution in [0.2, 0.25) is 0 Å². The highest BCUT2D eigenvalue weighted by atomic mass is 19.1. The maximum atomic E-state index is 13.5. The molecule has 1 saturated heterocycles. The van der Waals surface area contributed by atoms with Gasteiger partial charge in [0.1, 0.15) is 17.6 Å². The van der Waals surface area contributed by atoms with Crippen LogP contribution in [-0.2, 0) is 4.79 Å². The van der Waals surface area contributed by atoms with E-state index < -0.39 is 23.7 Å². The number of benzene rings is 1. The van der Waals surface area contributed by atoms with Crippen LogP contribution in [0.15, 0.2) is 18.2 Å². The molecule has 1 aliphatic rings. The number of halogens is 1. The van der Waals surface area contributed by atoms with E-state index in [1.54, 1.807) is 0 Å². The summed E-state index contributed by atoms with van der Waals surface area (Å²) in [5, 5.41) is 18.0. The van der Waals surface area contributed by atoms with Gasteiger partial charge >= 0.3 is 5.97 Å². The first kappa shape index (κ1) is 12.3. The summed E-state index contributed by atoms with van der Waals surface area (Å²) in [7, 11) is 0. The molecule has 0 saturated carbocycles. The Labute approximate surface area is 102 Å². The molecule has 0 aliphatic carbocycles. The summed E-state index contributed by atoms with van der Waals surface area (Å²) < 4.78 is 13.5. The molecular weight excluding hydrogens is 241 g/mol. The third-order valence-corrected chi connectivity index (χ3v) is 2.98. The van der Waals surface area contributed by atoms with E-state index in [9.17, 15) is 14.0 Å². The number of carbonyl (C=O) groups excluding carboxylic acids is 1. The number of phenols is 1. The van der Waals surface area contributed by atoms with Gasteiger partial charge in [0.2, 0.25) is 0 Å². The maximum absolute atomic E-state index is 13.5. The van der Waals surface area contributed by atoms with Crippen LogP contribution in [0.4, 0.5) is 4.39 Å². The summed E-state index contributed by atoms with van der Waals surface area (Å²) >= 11 is 0. The number of hydrogen-bond acceptors (Lipinski definition) is 3. The first-order valence-corrected chi connectivity index (χ1v) is 5.53. The number of phenolic OH excluding ortho intramolecular Hbond substituents is 1. The zero-order valence-corrected chi connectivity index (χ0v) is 9.47. The number of rotatable bonds is 2. The van der Waals surface area contributed by atoms with E-state index >= 15 is 0 Å². The normalized spacial score (nSPS) is 18.9. The second-order valence-corrected chi connectivity index (χ2v) is 4.16. The Kier molecular flexibility index (Phi) is 3.18. The number of aliphatic carboxylic acids is 1. The zero-order valence-electron chi connectivity index (χ0n) is 9.47. The molecule has 1 aromatic rings. The molecule has 18 heavy (non-hydrogen) atoms. The van der Waals surface area contributed by atoms with E-state index in [0.29, 0.717) is 19.4 Å². The summed E-state index contributed by atoms with van der Waals surface area (Å²) in [6, 6.07) is 2.29. The highest BCUT2D eigenvalue weighted by molar-refractivity contribution is 5.97. The van der Waals surface area contributed by atoms with Crippen molar-refractivity contribution < 1.29 is 24.2 Å². The Bertz CT molecular complexity index is 503. The minimum atomic E-state index is -1.08. The van der Waals surface area contributed by atoms with Gasteiger partial charge in [-0.15, -0.1) is 0 Å². The van der Waals surface area contributed by atoms with Gasteiger partial charge in [-0.1, -0.05) is 0 Å². The minimum Gasteiger partial charge on any atom is -0.508 e. The lowest BCUT2D eigenvalue weighted by molar-refractivity contribution is -0.141. The van der Waals surface area contributed by atoms with Gasteiger partial charge in [-0.3, -0.25) is 4.79 Å². The summed E-state index contributed by atoms with van der Waals surface area (Å²) in [6.07, 6.45) is 0.961. The van der Waals surface area contributed by atoms with Crippen molar-refractivity contribution in [1.29, 1.82) is 0 Å². The molecule has 0 unspecified atom stereocenters. The number of carbonyl (C=O) groups is 2. The molecule has 2 N–H and O–H groups in total. The lowest BCUT2D eigenvalue weighted by Gasteiger charge is -2.21. The number of nitrogens with zero attached hydrogens (tertiary/aromatic N) is 1. The fourth-order valence-corrected chi connectivity index (χ4v) is 2.10. The topological polar surface area (TPSA) is 77.8 Å². The van der Waals surface area contributed by atoms with E-state index in [2.05, 4.69) is 0 Å². The van der Waals surface area contributed by atoms with Crippen molar-refractivity contribution >= 4 is 11.9 Å². The fraction of sp³-hybridized carbons (Fsp3) is 0.333. The third kappa shape index (κ3) is 2.13. The van der Waals surface area contributed by atoms with Crippen LogP contribution in [0.5, 0.6) is 5.75 Å². The molecule has 1 heterocycles. The van der Waals surface area contributed by atoms with Gasteiger partial charge in [0.15, 0.2) is 0 Å². The molecule has 1 atom stereocenters. The van der Waals surface area contributed by atoms with Crippen LogP contribution in [-0.4, -0.2) is 39.6 Å². The number of aromatic hydroxyl groups is 1. The summed E-state index contributed by atoms with van der Waals surface area (Å²) in [5.74, 6) is -2.87. The van der Waals surface area contributed by atoms with Crippen LogP contribution in [0.3, 0.4) is 0 Å². The molecule has 96 valence electrons. The van der Waals surface area contributed by atoms with E-state index in [4.69, 9.17) is 10.2 Å². The Morgan fingerprint density at radius 2 is 2.11 bits per heavy atom. The summed E-state index contributed by atoms with van der Waals surface area (Å²) in [6.45, 7) is 0.302. The smallest absolute Gasteiger partial charge is 0.326 e. The van der Waals surface area contributed by atoms with Gasteiger partial charge in [-0.2, -0.15) is 0 Å². The number of carboxylic acids is 1.